The SMILES string of the molecule is Fc1cc(F)c(-c2[nH]ncc2-c2ccc3ncc(-c4cn[nH]c4)cc3n2)cc1Cl. The summed E-state index contributed by atoms with van der Waals surface area (Å²) < 4.78 is 27.9. The van der Waals surface area contributed by atoms with Crippen LogP contribution in [0.4, 0.5) is 8.78 Å². The minimum atomic E-state index is -0.823. The third-order valence-corrected chi connectivity index (χ3v) is 4.85. The number of fused-ring (bicyclic) bond motifs is 1. The number of pyridine rings is 2. The van der Waals surface area contributed by atoms with Gasteiger partial charge < -0.3 is 0 Å². The second-order valence-corrected chi connectivity index (χ2v) is 6.76. The number of aromatic nitrogens is 6. The van der Waals surface area contributed by atoms with Gasteiger partial charge in [0.25, 0.3) is 0 Å². The number of halogens is 3. The molecule has 0 aliphatic carbocycles. The first-order chi connectivity index (χ1) is 14.1. The molecule has 1 aromatic carbocycles. The molecule has 0 aliphatic rings. The maximum absolute atomic E-state index is 14.4. The maximum Gasteiger partial charge on any atom is 0.144 e. The summed E-state index contributed by atoms with van der Waals surface area (Å²) in [5, 5.41) is 13.3. The molecular weight excluding hydrogens is 398 g/mol. The molecule has 4 aromatic heterocycles. The van der Waals surface area contributed by atoms with Crippen molar-refractivity contribution < 1.29 is 8.78 Å². The van der Waals surface area contributed by atoms with Crippen molar-refractivity contribution in [3.8, 4) is 33.6 Å². The molecule has 0 unspecified atom stereocenters. The Morgan fingerprint density at radius 3 is 2.55 bits per heavy atom. The smallest absolute Gasteiger partial charge is 0.144 e. The van der Waals surface area contributed by atoms with E-state index in [4.69, 9.17) is 11.6 Å². The molecule has 5 rings (SSSR count). The van der Waals surface area contributed by atoms with E-state index in [-0.39, 0.29) is 10.6 Å². The van der Waals surface area contributed by atoms with E-state index in [1.807, 2.05) is 12.1 Å². The van der Waals surface area contributed by atoms with Crippen LogP contribution < -0.4 is 0 Å². The van der Waals surface area contributed by atoms with E-state index < -0.39 is 11.6 Å². The van der Waals surface area contributed by atoms with Crippen LogP contribution in [-0.4, -0.2) is 30.4 Å². The van der Waals surface area contributed by atoms with E-state index in [9.17, 15) is 8.78 Å². The van der Waals surface area contributed by atoms with Crippen LogP contribution in [0.5, 0.6) is 0 Å². The van der Waals surface area contributed by atoms with Gasteiger partial charge in [0, 0.05) is 40.7 Å². The molecule has 2 N–H and O–H groups in total. The Balaban J connectivity index is 1.64. The van der Waals surface area contributed by atoms with Crippen LogP contribution in [0.25, 0.3) is 44.7 Å². The van der Waals surface area contributed by atoms with Gasteiger partial charge in [0.2, 0.25) is 0 Å². The lowest BCUT2D eigenvalue weighted by molar-refractivity contribution is 0.585. The highest BCUT2D eigenvalue weighted by Gasteiger charge is 2.17. The summed E-state index contributed by atoms with van der Waals surface area (Å²) in [6.07, 6.45) is 6.74. The molecular formula is C20H11ClF2N6. The highest BCUT2D eigenvalue weighted by atomic mass is 35.5. The first kappa shape index (κ1) is 17.4. The molecule has 0 saturated heterocycles. The predicted molar refractivity (Wildman–Crippen MR) is 105 cm³/mol. The lowest BCUT2D eigenvalue weighted by Crippen LogP contribution is -1.92. The van der Waals surface area contributed by atoms with Crippen molar-refractivity contribution in [3.63, 3.8) is 0 Å². The molecule has 0 atom stereocenters. The van der Waals surface area contributed by atoms with Crippen LogP contribution in [0.1, 0.15) is 0 Å². The standard InChI is InChI=1S/C20H11ClF2N6/c21-14-4-12(15(22)5-16(14)23)20-13(9-27-29-20)17-1-2-18-19(28-17)3-10(6-24-18)11-7-25-26-8-11/h1-9H,(H,25,26)(H,27,29). The van der Waals surface area contributed by atoms with Crippen LogP contribution in [-0.2, 0) is 0 Å². The molecule has 5 aromatic rings. The van der Waals surface area contributed by atoms with Crippen molar-refractivity contribution >= 4 is 22.6 Å². The van der Waals surface area contributed by atoms with Gasteiger partial charge in [-0.2, -0.15) is 10.2 Å². The van der Waals surface area contributed by atoms with E-state index in [1.165, 1.54) is 12.3 Å². The van der Waals surface area contributed by atoms with E-state index in [0.717, 1.165) is 17.2 Å². The van der Waals surface area contributed by atoms with Crippen LogP contribution in [0.2, 0.25) is 5.02 Å². The molecule has 29 heavy (non-hydrogen) atoms. The molecule has 0 amide bonds. The molecule has 0 spiro atoms. The summed E-state index contributed by atoms with van der Waals surface area (Å²) in [6.45, 7) is 0. The van der Waals surface area contributed by atoms with Crippen molar-refractivity contribution in [2.45, 2.75) is 0 Å². The predicted octanol–water partition coefficient (Wildman–Crippen LogP) is 5.01. The van der Waals surface area contributed by atoms with Gasteiger partial charge in [-0.1, -0.05) is 11.6 Å². The monoisotopic (exact) mass is 408 g/mol. The fourth-order valence-corrected chi connectivity index (χ4v) is 3.29. The molecule has 142 valence electrons. The Morgan fingerprint density at radius 1 is 0.828 bits per heavy atom. The van der Waals surface area contributed by atoms with Crippen molar-refractivity contribution in [1.29, 1.82) is 0 Å². The van der Waals surface area contributed by atoms with Crippen LogP contribution in [0, 0.1) is 11.6 Å². The van der Waals surface area contributed by atoms with Crippen LogP contribution in [0.3, 0.4) is 0 Å². The number of hydrogen-bond donors (Lipinski definition) is 2. The average Bonchev–Trinajstić information content (AvgIpc) is 3.42. The first-order valence-electron chi connectivity index (χ1n) is 8.55. The zero-order valence-corrected chi connectivity index (χ0v) is 15.4. The normalized spacial score (nSPS) is 11.3. The Morgan fingerprint density at radius 2 is 1.72 bits per heavy atom. The quantitative estimate of drug-likeness (QED) is 0.411. The molecule has 4 heterocycles. The highest BCUT2D eigenvalue weighted by molar-refractivity contribution is 6.31. The van der Waals surface area contributed by atoms with Crippen molar-refractivity contribution in [1.82, 2.24) is 30.4 Å². The second kappa shape index (κ2) is 6.75. The molecule has 0 aliphatic heterocycles. The molecule has 0 radical (unpaired) electrons. The van der Waals surface area contributed by atoms with Crippen LogP contribution in [0.15, 0.2) is 55.1 Å². The lowest BCUT2D eigenvalue weighted by Gasteiger charge is -2.07. The van der Waals surface area contributed by atoms with E-state index in [0.29, 0.717) is 28.0 Å². The summed E-state index contributed by atoms with van der Waals surface area (Å²) in [6, 6.07) is 7.46. The maximum atomic E-state index is 14.4. The van der Waals surface area contributed by atoms with Crippen LogP contribution >= 0.6 is 11.6 Å². The minimum Gasteiger partial charge on any atom is -0.285 e. The summed E-state index contributed by atoms with van der Waals surface area (Å²) >= 11 is 5.84. The highest BCUT2D eigenvalue weighted by Crippen LogP contribution is 2.34. The van der Waals surface area contributed by atoms with E-state index in [1.54, 1.807) is 24.7 Å². The molecule has 0 fully saturated rings. The third kappa shape index (κ3) is 3.03. The number of nitrogens with one attached hydrogen (secondary N) is 2. The Kier molecular flexibility index (Phi) is 4.06. The number of hydrogen-bond acceptors (Lipinski definition) is 4. The lowest BCUT2D eigenvalue weighted by atomic mass is 10.0. The largest absolute Gasteiger partial charge is 0.285 e. The zero-order valence-electron chi connectivity index (χ0n) is 14.6. The van der Waals surface area contributed by atoms with E-state index >= 15 is 0 Å². The molecule has 0 saturated carbocycles. The van der Waals surface area contributed by atoms with Gasteiger partial charge in [0.1, 0.15) is 11.6 Å². The third-order valence-electron chi connectivity index (χ3n) is 4.56. The molecule has 0 bridgehead atoms. The summed E-state index contributed by atoms with van der Waals surface area (Å²) in [5.41, 5.74) is 4.70. The van der Waals surface area contributed by atoms with Gasteiger partial charge in [0.15, 0.2) is 0 Å². The van der Waals surface area contributed by atoms with Gasteiger partial charge in [0.05, 0.1) is 39.8 Å². The van der Waals surface area contributed by atoms with E-state index in [2.05, 4.69) is 30.4 Å². The number of rotatable bonds is 3. The number of benzene rings is 1. The Hall–Kier alpha value is -3.65. The van der Waals surface area contributed by atoms with Crippen molar-refractivity contribution in [2.24, 2.45) is 0 Å². The number of H-pyrrole nitrogens is 2. The Labute approximate surface area is 167 Å². The van der Waals surface area contributed by atoms with Gasteiger partial charge in [-0.15, -0.1) is 0 Å². The number of nitrogens with zero attached hydrogens (tertiary/aromatic N) is 4. The first-order valence-corrected chi connectivity index (χ1v) is 8.92. The van der Waals surface area contributed by atoms with Crippen molar-refractivity contribution in [2.75, 3.05) is 0 Å². The van der Waals surface area contributed by atoms with Gasteiger partial charge >= 0.3 is 0 Å². The van der Waals surface area contributed by atoms with Gasteiger partial charge in [-0.3, -0.25) is 15.2 Å². The summed E-state index contributed by atoms with van der Waals surface area (Å²) in [5.74, 6) is -1.57. The van der Waals surface area contributed by atoms with Gasteiger partial charge in [-0.25, -0.2) is 13.8 Å². The average molecular weight is 409 g/mol. The molecule has 9 heteroatoms. The topological polar surface area (TPSA) is 83.1 Å². The summed E-state index contributed by atoms with van der Waals surface area (Å²) in [7, 11) is 0. The van der Waals surface area contributed by atoms with Gasteiger partial charge in [-0.05, 0) is 24.3 Å². The summed E-state index contributed by atoms with van der Waals surface area (Å²) in [4.78, 5) is 9.09. The number of aromatic amines is 2. The fourth-order valence-electron chi connectivity index (χ4n) is 3.12. The Bertz CT molecular complexity index is 1350. The molecule has 6 nitrogen and oxygen atoms in total. The zero-order chi connectivity index (χ0) is 20.0. The fraction of sp³-hybridized carbons (Fsp3) is 0. The van der Waals surface area contributed by atoms with Crippen molar-refractivity contribution in [3.05, 3.63) is 71.8 Å². The minimum absolute atomic E-state index is 0.107. The second-order valence-electron chi connectivity index (χ2n) is 6.35.